The maximum Gasteiger partial charge on any atom is 0.227 e. The minimum atomic E-state index is -0.0151. The molecule has 1 saturated heterocycles. The van der Waals surface area contributed by atoms with Crippen LogP contribution in [0, 0.1) is 17.2 Å². The zero-order valence-corrected chi connectivity index (χ0v) is 11.3. The first-order valence-electron chi connectivity index (χ1n) is 5.90. The molecule has 98 valence electrons. The van der Waals surface area contributed by atoms with Crippen molar-refractivity contribution in [3.63, 3.8) is 0 Å². The first kappa shape index (κ1) is 13.6. The molecule has 0 radical (unpaired) electrons. The molecular weight excluding hydrogens is 262 g/mol. The van der Waals surface area contributed by atoms with E-state index < -0.39 is 0 Å². The van der Waals surface area contributed by atoms with Gasteiger partial charge in [-0.1, -0.05) is 11.8 Å². The third-order valence-electron chi connectivity index (χ3n) is 2.91. The largest absolute Gasteiger partial charge is 0.309 e. The second kappa shape index (κ2) is 5.85. The van der Waals surface area contributed by atoms with Gasteiger partial charge in [0.05, 0.1) is 5.69 Å². The second-order valence-corrected chi connectivity index (χ2v) is 5.56. The Balaban J connectivity index is 2.12. The van der Waals surface area contributed by atoms with E-state index in [1.54, 1.807) is 17.0 Å². The monoisotopic (exact) mass is 275 g/mol. The summed E-state index contributed by atoms with van der Waals surface area (Å²) in [5.41, 5.74) is 0.820. The van der Waals surface area contributed by atoms with Crippen molar-refractivity contribution >= 4 is 28.5 Å². The number of anilines is 1. The summed E-state index contributed by atoms with van der Waals surface area (Å²) in [6.45, 7) is 2.06. The van der Waals surface area contributed by atoms with Crippen LogP contribution in [0.25, 0.3) is 0 Å². The van der Waals surface area contributed by atoms with Gasteiger partial charge in [-0.15, -0.1) is 0 Å². The molecule has 0 aromatic carbocycles. The predicted octanol–water partition coefficient (Wildman–Crippen LogP) is 1.59. The lowest BCUT2D eigenvalue weighted by atomic mass is 10.1. The Bertz CT molecular complexity index is 553. The number of pyridine rings is 1. The summed E-state index contributed by atoms with van der Waals surface area (Å²) in [6.07, 6.45) is 1.95. The summed E-state index contributed by atoms with van der Waals surface area (Å²) >= 11 is 1.24. The number of rotatable bonds is 3. The van der Waals surface area contributed by atoms with Crippen LogP contribution in [0.4, 0.5) is 5.69 Å². The third-order valence-corrected chi connectivity index (χ3v) is 3.96. The smallest absolute Gasteiger partial charge is 0.227 e. The summed E-state index contributed by atoms with van der Waals surface area (Å²) in [5, 5.41) is 9.07. The Morgan fingerprint density at radius 1 is 1.68 bits per heavy atom. The SMILES string of the molecule is CC(=O)SCC1CC(=O)N(c2cccnc2C#N)C1. The van der Waals surface area contributed by atoms with Crippen LogP contribution < -0.4 is 4.90 Å². The van der Waals surface area contributed by atoms with Crippen LogP contribution in [0.15, 0.2) is 18.3 Å². The number of carbonyl (C=O) groups excluding carboxylic acids is 2. The molecule has 1 aromatic rings. The normalized spacial score (nSPS) is 18.4. The first-order chi connectivity index (χ1) is 9.11. The average molecular weight is 275 g/mol. The molecule has 2 heterocycles. The van der Waals surface area contributed by atoms with E-state index in [0.29, 0.717) is 24.4 Å². The average Bonchev–Trinajstić information content (AvgIpc) is 2.77. The topological polar surface area (TPSA) is 74.1 Å². The lowest BCUT2D eigenvalue weighted by molar-refractivity contribution is -0.117. The Kier molecular flexibility index (Phi) is 4.17. The highest BCUT2D eigenvalue weighted by atomic mass is 32.2. The van der Waals surface area contributed by atoms with Gasteiger partial charge in [0.25, 0.3) is 0 Å². The van der Waals surface area contributed by atoms with Gasteiger partial charge in [-0.05, 0) is 18.1 Å². The quantitative estimate of drug-likeness (QED) is 0.837. The van der Waals surface area contributed by atoms with Crippen molar-refractivity contribution < 1.29 is 9.59 Å². The van der Waals surface area contributed by atoms with Gasteiger partial charge < -0.3 is 4.90 Å². The molecule has 1 aromatic heterocycles. The number of hydrogen-bond acceptors (Lipinski definition) is 5. The highest BCUT2D eigenvalue weighted by Crippen LogP contribution is 2.28. The van der Waals surface area contributed by atoms with Crippen molar-refractivity contribution in [2.24, 2.45) is 5.92 Å². The van der Waals surface area contributed by atoms with E-state index in [1.807, 2.05) is 6.07 Å². The van der Waals surface area contributed by atoms with Gasteiger partial charge in [0.15, 0.2) is 10.8 Å². The fourth-order valence-electron chi connectivity index (χ4n) is 2.06. The molecule has 1 atom stereocenters. The molecule has 1 unspecified atom stereocenters. The van der Waals surface area contributed by atoms with Crippen molar-refractivity contribution in [1.29, 1.82) is 5.26 Å². The molecule has 1 amide bonds. The molecule has 0 bridgehead atoms. The zero-order valence-electron chi connectivity index (χ0n) is 10.5. The van der Waals surface area contributed by atoms with Crippen LogP contribution in [-0.4, -0.2) is 28.3 Å². The fraction of sp³-hybridized carbons (Fsp3) is 0.385. The van der Waals surface area contributed by atoms with E-state index in [-0.39, 0.29) is 22.6 Å². The molecule has 2 rings (SSSR count). The Labute approximate surface area is 115 Å². The van der Waals surface area contributed by atoms with Crippen molar-refractivity contribution in [2.75, 3.05) is 17.2 Å². The Morgan fingerprint density at radius 2 is 2.47 bits per heavy atom. The number of carbonyl (C=O) groups is 2. The maximum atomic E-state index is 12.0. The molecule has 1 aliphatic rings. The van der Waals surface area contributed by atoms with E-state index >= 15 is 0 Å². The van der Waals surface area contributed by atoms with Gasteiger partial charge in [-0.2, -0.15) is 5.26 Å². The molecule has 5 nitrogen and oxygen atoms in total. The molecule has 0 N–H and O–H groups in total. The van der Waals surface area contributed by atoms with Crippen LogP contribution in [0.5, 0.6) is 0 Å². The van der Waals surface area contributed by atoms with Crippen molar-refractivity contribution in [3.8, 4) is 6.07 Å². The maximum absolute atomic E-state index is 12.0. The summed E-state index contributed by atoms with van der Waals surface area (Å²) in [5.74, 6) is 0.770. The van der Waals surface area contributed by atoms with Gasteiger partial charge in [0, 0.05) is 31.8 Å². The van der Waals surface area contributed by atoms with Gasteiger partial charge in [-0.3, -0.25) is 9.59 Å². The number of amides is 1. The molecule has 1 fully saturated rings. The minimum Gasteiger partial charge on any atom is -0.309 e. The number of hydrogen-bond donors (Lipinski definition) is 0. The van der Waals surface area contributed by atoms with Crippen molar-refractivity contribution in [2.45, 2.75) is 13.3 Å². The summed E-state index contributed by atoms with van der Waals surface area (Å²) < 4.78 is 0. The first-order valence-corrected chi connectivity index (χ1v) is 6.89. The van der Waals surface area contributed by atoms with E-state index in [9.17, 15) is 9.59 Å². The highest BCUT2D eigenvalue weighted by Gasteiger charge is 2.32. The number of thioether (sulfide) groups is 1. The van der Waals surface area contributed by atoms with Crippen LogP contribution in [0.3, 0.4) is 0 Å². The van der Waals surface area contributed by atoms with Crippen molar-refractivity contribution in [1.82, 2.24) is 4.98 Å². The van der Waals surface area contributed by atoms with Crippen LogP contribution in [-0.2, 0) is 9.59 Å². The van der Waals surface area contributed by atoms with E-state index in [0.717, 1.165) is 0 Å². The summed E-state index contributed by atoms with van der Waals surface area (Å²) in [4.78, 5) is 28.5. The molecule has 6 heteroatoms. The third kappa shape index (κ3) is 3.12. The van der Waals surface area contributed by atoms with E-state index in [2.05, 4.69) is 4.98 Å². The van der Waals surface area contributed by atoms with E-state index in [4.69, 9.17) is 5.26 Å². The van der Waals surface area contributed by atoms with Gasteiger partial charge >= 0.3 is 0 Å². The van der Waals surface area contributed by atoms with E-state index in [1.165, 1.54) is 24.9 Å². The molecule has 0 aliphatic carbocycles. The van der Waals surface area contributed by atoms with Gasteiger partial charge in [0.2, 0.25) is 5.91 Å². The molecule has 0 spiro atoms. The number of nitrogens with zero attached hydrogens (tertiary/aromatic N) is 3. The van der Waals surface area contributed by atoms with Crippen molar-refractivity contribution in [3.05, 3.63) is 24.0 Å². The highest BCUT2D eigenvalue weighted by molar-refractivity contribution is 8.13. The number of aromatic nitrogens is 1. The Morgan fingerprint density at radius 3 is 3.16 bits per heavy atom. The zero-order chi connectivity index (χ0) is 13.8. The molecule has 19 heavy (non-hydrogen) atoms. The lowest BCUT2D eigenvalue weighted by Gasteiger charge is -2.17. The summed E-state index contributed by atoms with van der Waals surface area (Å²) in [6, 6.07) is 5.43. The molecular formula is C13H13N3O2S. The van der Waals surface area contributed by atoms with Crippen LogP contribution in [0.2, 0.25) is 0 Å². The second-order valence-electron chi connectivity index (χ2n) is 4.36. The van der Waals surface area contributed by atoms with Gasteiger partial charge in [0.1, 0.15) is 6.07 Å². The van der Waals surface area contributed by atoms with Crippen LogP contribution in [0.1, 0.15) is 19.0 Å². The lowest BCUT2D eigenvalue weighted by Crippen LogP contribution is -2.25. The standard InChI is InChI=1S/C13H13N3O2S/c1-9(17)19-8-10-5-13(18)16(7-10)12-3-2-4-15-11(12)6-14/h2-4,10H,5,7-8H2,1H3. The molecule has 1 aliphatic heterocycles. The number of nitriles is 1. The Hall–Kier alpha value is -1.87. The minimum absolute atomic E-state index is 0.0151. The predicted molar refractivity (Wildman–Crippen MR) is 72.6 cm³/mol. The summed E-state index contributed by atoms with van der Waals surface area (Å²) in [7, 11) is 0. The van der Waals surface area contributed by atoms with Gasteiger partial charge in [-0.25, -0.2) is 4.98 Å². The molecule has 0 saturated carbocycles. The fourth-order valence-corrected chi connectivity index (χ4v) is 2.76. The van der Waals surface area contributed by atoms with Crippen LogP contribution >= 0.6 is 11.8 Å².